The van der Waals surface area contributed by atoms with E-state index in [0.717, 1.165) is 12.1 Å². The van der Waals surface area contributed by atoms with Gasteiger partial charge in [-0.05, 0) is 67.3 Å². The number of carbonyl (C=O) groups excluding carboxylic acids is 1. The van der Waals surface area contributed by atoms with E-state index in [2.05, 4.69) is 4.72 Å². The molecule has 0 saturated heterocycles. The molecule has 1 N–H and O–H groups in total. The fourth-order valence-electron chi connectivity index (χ4n) is 2.13. The van der Waals surface area contributed by atoms with Crippen LogP contribution in [-0.4, -0.2) is 14.4 Å². The summed E-state index contributed by atoms with van der Waals surface area (Å²) in [7, 11) is -4.07. The van der Waals surface area contributed by atoms with Gasteiger partial charge in [-0.25, -0.2) is 12.8 Å². The number of benzene rings is 2. The van der Waals surface area contributed by atoms with E-state index in [0.29, 0.717) is 16.7 Å². The molecule has 7 heteroatoms. The minimum absolute atomic E-state index is 0.0981. The molecule has 0 fully saturated rings. The molecule has 122 valence electrons. The summed E-state index contributed by atoms with van der Waals surface area (Å²) in [6.45, 7) is 4.81. The Kier molecular flexibility index (Phi) is 4.42. The number of carboxylic acid groups (broad SMARTS) is 1. The molecule has 2 aromatic rings. The molecular formula is C16H15FNO4S-. The number of halogens is 1. The molecule has 0 aromatic heterocycles. The number of carbonyl (C=O) groups is 1. The van der Waals surface area contributed by atoms with Gasteiger partial charge in [0.05, 0.1) is 16.6 Å². The lowest BCUT2D eigenvalue weighted by molar-refractivity contribution is -0.255. The third kappa shape index (κ3) is 3.50. The van der Waals surface area contributed by atoms with Gasteiger partial charge in [0, 0.05) is 0 Å². The molecule has 0 bridgehead atoms. The topological polar surface area (TPSA) is 86.3 Å². The van der Waals surface area contributed by atoms with Crippen molar-refractivity contribution >= 4 is 21.7 Å². The molecule has 2 rings (SSSR count). The van der Waals surface area contributed by atoms with Gasteiger partial charge in [0.25, 0.3) is 10.0 Å². The SMILES string of the molecule is Cc1ccc(F)cc1NS(=O)(=O)c1cc(C(=O)[O-])cc(C)c1C. The van der Waals surface area contributed by atoms with E-state index < -0.39 is 21.8 Å². The molecule has 0 amide bonds. The van der Waals surface area contributed by atoms with Crippen molar-refractivity contribution in [1.82, 2.24) is 0 Å². The molecule has 0 spiro atoms. The maximum atomic E-state index is 13.3. The van der Waals surface area contributed by atoms with Crippen LogP contribution < -0.4 is 9.83 Å². The molecule has 5 nitrogen and oxygen atoms in total. The van der Waals surface area contributed by atoms with E-state index in [4.69, 9.17) is 0 Å². The van der Waals surface area contributed by atoms with Crippen molar-refractivity contribution in [2.45, 2.75) is 25.7 Å². The van der Waals surface area contributed by atoms with Crippen LogP contribution in [0.3, 0.4) is 0 Å². The predicted molar refractivity (Wildman–Crippen MR) is 82.2 cm³/mol. The Morgan fingerprint density at radius 3 is 2.35 bits per heavy atom. The van der Waals surface area contributed by atoms with E-state index in [1.54, 1.807) is 20.8 Å². The van der Waals surface area contributed by atoms with Gasteiger partial charge in [-0.1, -0.05) is 6.07 Å². The number of aromatic carboxylic acids is 1. The number of nitrogens with one attached hydrogen (secondary N) is 1. The van der Waals surface area contributed by atoms with Gasteiger partial charge >= 0.3 is 0 Å². The van der Waals surface area contributed by atoms with Crippen molar-refractivity contribution in [2.75, 3.05) is 4.72 Å². The Bertz CT molecular complexity index is 891. The molecule has 0 unspecified atom stereocenters. The molecule has 0 aliphatic rings. The number of rotatable bonds is 4. The Labute approximate surface area is 133 Å². The number of hydrogen-bond acceptors (Lipinski definition) is 4. The third-order valence-corrected chi connectivity index (χ3v) is 5.08. The van der Waals surface area contributed by atoms with Crippen molar-refractivity contribution in [3.05, 3.63) is 58.4 Å². The van der Waals surface area contributed by atoms with Gasteiger partial charge in [-0.2, -0.15) is 0 Å². The second-order valence-corrected chi connectivity index (χ2v) is 6.92. The number of aryl methyl sites for hydroxylation is 2. The minimum atomic E-state index is -4.07. The molecule has 0 radical (unpaired) electrons. The van der Waals surface area contributed by atoms with Gasteiger partial charge in [-0.15, -0.1) is 0 Å². The van der Waals surface area contributed by atoms with Crippen LogP contribution in [0, 0.1) is 26.6 Å². The number of sulfonamides is 1. The molecule has 0 atom stereocenters. The van der Waals surface area contributed by atoms with Crippen molar-refractivity contribution < 1.29 is 22.7 Å². The zero-order valence-electron chi connectivity index (χ0n) is 12.8. The van der Waals surface area contributed by atoms with E-state index in [-0.39, 0.29) is 16.1 Å². The van der Waals surface area contributed by atoms with Crippen molar-refractivity contribution in [3.63, 3.8) is 0 Å². The van der Waals surface area contributed by atoms with Crippen LogP contribution in [0.4, 0.5) is 10.1 Å². The highest BCUT2D eigenvalue weighted by molar-refractivity contribution is 7.92. The maximum absolute atomic E-state index is 13.3. The number of hydrogen-bond donors (Lipinski definition) is 1. The molecular weight excluding hydrogens is 321 g/mol. The second kappa shape index (κ2) is 6.00. The van der Waals surface area contributed by atoms with Crippen molar-refractivity contribution in [3.8, 4) is 0 Å². The van der Waals surface area contributed by atoms with Crippen LogP contribution >= 0.6 is 0 Å². The summed E-state index contributed by atoms with van der Waals surface area (Å²) < 4.78 is 40.7. The van der Waals surface area contributed by atoms with Crippen LogP contribution in [0.25, 0.3) is 0 Å². The van der Waals surface area contributed by atoms with Gasteiger partial charge in [0.2, 0.25) is 0 Å². The molecule has 23 heavy (non-hydrogen) atoms. The van der Waals surface area contributed by atoms with Crippen LogP contribution in [0.1, 0.15) is 27.0 Å². The normalized spacial score (nSPS) is 11.3. The first-order chi connectivity index (χ1) is 10.6. The average Bonchev–Trinajstić information content (AvgIpc) is 2.44. The Morgan fingerprint density at radius 1 is 1.09 bits per heavy atom. The number of carboxylic acids is 1. The third-order valence-electron chi connectivity index (χ3n) is 3.59. The second-order valence-electron chi connectivity index (χ2n) is 5.27. The quantitative estimate of drug-likeness (QED) is 0.924. The van der Waals surface area contributed by atoms with Crippen LogP contribution in [0.5, 0.6) is 0 Å². The Balaban J connectivity index is 2.56. The smallest absolute Gasteiger partial charge is 0.262 e. The fraction of sp³-hybridized carbons (Fsp3) is 0.188. The largest absolute Gasteiger partial charge is 0.545 e. The summed E-state index contributed by atoms with van der Waals surface area (Å²) >= 11 is 0. The van der Waals surface area contributed by atoms with E-state index >= 15 is 0 Å². The van der Waals surface area contributed by atoms with E-state index in [9.17, 15) is 22.7 Å². The average molecular weight is 336 g/mol. The van der Waals surface area contributed by atoms with Crippen molar-refractivity contribution in [2.24, 2.45) is 0 Å². The minimum Gasteiger partial charge on any atom is -0.545 e. The monoisotopic (exact) mass is 336 g/mol. The molecule has 0 aliphatic carbocycles. The number of anilines is 1. The molecule has 2 aromatic carbocycles. The summed E-state index contributed by atoms with van der Waals surface area (Å²) in [5.41, 5.74) is 1.32. The fourth-order valence-corrected chi connectivity index (χ4v) is 3.59. The van der Waals surface area contributed by atoms with Gasteiger partial charge in [-0.3, -0.25) is 4.72 Å². The molecule has 0 saturated carbocycles. The van der Waals surface area contributed by atoms with E-state index in [1.165, 1.54) is 18.2 Å². The highest BCUT2D eigenvalue weighted by atomic mass is 32.2. The lowest BCUT2D eigenvalue weighted by atomic mass is 10.1. The highest BCUT2D eigenvalue weighted by Gasteiger charge is 2.20. The van der Waals surface area contributed by atoms with Gasteiger partial charge < -0.3 is 9.90 Å². The van der Waals surface area contributed by atoms with Crippen LogP contribution in [-0.2, 0) is 10.0 Å². The van der Waals surface area contributed by atoms with Crippen LogP contribution in [0.2, 0.25) is 0 Å². The summed E-state index contributed by atoms with van der Waals surface area (Å²) in [4.78, 5) is 10.8. The summed E-state index contributed by atoms with van der Waals surface area (Å²) in [6, 6.07) is 6.12. The highest BCUT2D eigenvalue weighted by Crippen LogP contribution is 2.25. The first-order valence-corrected chi connectivity index (χ1v) is 8.21. The van der Waals surface area contributed by atoms with E-state index in [1.807, 2.05) is 0 Å². The van der Waals surface area contributed by atoms with Crippen molar-refractivity contribution in [1.29, 1.82) is 0 Å². The van der Waals surface area contributed by atoms with Gasteiger partial charge in [0.15, 0.2) is 0 Å². The lowest BCUT2D eigenvalue weighted by Gasteiger charge is -2.15. The first-order valence-electron chi connectivity index (χ1n) is 6.73. The predicted octanol–water partition coefficient (Wildman–Crippen LogP) is 1.92. The lowest BCUT2D eigenvalue weighted by Crippen LogP contribution is -2.24. The summed E-state index contributed by atoms with van der Waals surface area (Å²) in [5, 5.41) is 11.0. The standard InChI is InChI=1S/C16H16FNO4S/c1-9-4-5-13(17)8-14(9)18-23(21,22)15-7-12(16(19)20)6-10(2)11(15)3/h4-8,18H,1-3H3,(H,19,20)/p-1. The van der Waals surface area contributed by atoms with Gasteiger partial charge in [0.1, 0.15) is 5.82 Å². The zero-order valence-corrected chi connectivity index (χ0v) is 13.6. The maximum Gasteiger partial charge on any atom is 0.262 e. The summed E-state index contributed by atoms with van der Waals surface area (Å²) in [6.07, 6.45) is 0. The molecule has 0 heterocycles. The Morgan fingerprint density at radius 2 is 1.74 bits per heavy atom. The summed E-state index contributed by atoms with van der Waals surface area (Å²) in [5.74, 6) is -2.05. The Hall–Kier alpha value is -2.41. The van der Waals surface area contributed by atoms with Crippen LogP contribution in [0.15, 0.2) is 35.2 Å². The first kappa shape index (κ1) is 17.0. The zero-order chi connectivity index (χ0) is 17.4. The molecule has 0 aliphatic heterocycles.